The SMILES string of the molecule is CN(C)S(=O)(=O)c1cnn(Cc2coc(-c3ccccc3F)n2)c1. The summed E-state index contributed by atoms with van der Waals surface area (Å²) in [4.78, 5) is 4.30. The van der Waals surface area contributed by atoms with Crippen molar-refractivity contribution >= 4 is 10.0 Å². The van der Waals surface area contributed by atoms with Crippen molar-refractivity contribution < 1.29 is 17.2 Å². The first-order chi connectivity index (χ1) is 11.4. The molecule has 0 N–H and O–H groups in total. The van der Waals surface area contributed by atoms with Gasteiger partial charge in [-0.1, -0.05) is 12.1 Å². The van der Waals surface area contributed by atoms with Gasteiger partial charge < -0.3 is 4.42 Å². The van der Waals surface area contributed by atoms with Crippen molar-refractivity contribution in [3.8, 4) is 11.5 Å². The maximum Gasteiger partial charge on any atom is 0.245 e. The molecule has 3 aromatic rings. The molecule has 0 saturated carbocycles. The standard InChI is InChI=1S/C15H15FN4O3S/c1-19(2)24(21,22)12-7-17-20(9-12)8-11-10-23-15(18-11)13-5-3-4-6-14(13)16/h3-7,9-10H,8H2,1-2H3. The Morgan fingerprint density at radius 2 is 2.04 bits per heavy atom. The predicted octanol–water partition coefficient (Wildman–Crippen LogP) is 1.98. The van der Waals surface area contributed by atoms with E-state index in [0.717, 1.165) is 4.31 Å². The van der Waals surface area contributed by atoms with E-state index >= 15 is 0 Å². The molecule has 3 rings (SSSR count). The van der Waals surface area contributed by atoms with Crippen LogP contribution >= 0.6 is 0 Å². The number of aromatic nitrogens is 3. The van der Waals surface area contributed by atoms with E-state index in [-0.39, 0.29) is 22.9 Å². The van der Waals surface area contributed by atoms with E-state index in [4.69, 9.17) is 4.42 Å². The lowest BCUT2D eigenvalue weighted by Crippen LogP contribution is -2.21. The zero-order valence-corrected chi connectivity index (χ0v) is 13.9. The van der Waals surface area contributed by atoms with Crippen molar-refractivity contribution in [2.45, 2.75) is 11.4 Å². The van der Waals surface area contributed by atoms with Gasteiger partial charge in [0.15, 0.2) is 0 Å². The molecular formula is C15H15FN4O3S. The molecule has 7 nitrogen and oxygen atoms in total. The van der Waals surface area contributed by atoms with Crippen molar-refractivity contribution in [1.29, 1.82) is 0 Å². The van der Waals surface area contributed by atoms with Gasteiger partial charge in [0.25, 0.3) is 0 Å². The maximum absolute atomic E-state index is 13.7. The molecule has 0 amide bonds. The van der Waals surface area contributed by atoms with Crippen LogP contribution in [0.2, 0.25) is 0 Å². The average molecular weight is 350 g/mol. The van der Waals surface area contributed by atoms with E-state index in [1.807, 2.05) is 0 Å². The molecular weight excluding hydrogens is 335 g/mol. The molecule has 9 heteroatoms. The van der Waals surface area contributed by atoms with E-state index in [0.29, 0.717) is 5.69 Å². The Balaban J connectivity index is 1.81. The van der Waals surface area contributed by atoms with E-state index in [1.54, 1.807) is 18.2 Å². The number of nitrogens with zero attached hydrogens (tertiary/aromatic N) is 4. The van der Waals surface area contributed by atoms with Crippen LogP contribution in [0.5, 0.6) is 0 Å². The summed E-state index contributed by atoms with van der Waals surface area (Å²) < 4.78 is 45.6. The first kappa shape index (κ1) is 16.3. The fourth-order valence-corrected chi connectivity index (χ4v) is 2.94. The quantitative estimate of drug-likeness (QED) is 0.703. The number of sulfonamides is 1. The molecule has 2 heterocycles. The van der Waals surface area contributed by atoms with Gasteiger partial charge in [0.2, 0.25) is 15.9 Å². The van der Waals surface area contributed by atoms with Gasteiger partial charge in [-0.05, 0) is 12.1 Å². The summed E-state index contributed by atoms with van der Waals surface area (Å²) in [6, 6.07) is 6.17. The van der Waals surface area contributed by atoms with Crippen molar-refractivity contribution in [2.75, 3.05) is 14.1 Å². The lowest BCUT2D eigenvalue weighted by molar-refractivity contribution is 0.520. The molecule has 0 unspecified atom stereocenters. The largest absolute Gasteiger partial charge is 0.444 e. The maximum atomic E-state index is 13.7. The summed E-state index contributed by atoms with van der Waals surface area (Å²) >= 11 is 0. The van der Waals surface area contributed by atoms with Crippen LogP contribution in [0.3, 0.4) is 0 Å². The Hall–Kier alpha value is -2.52. The second-order valence-corrected chi connectivity index (χ2v) is 7.44. The zero-order chi connectivity index (χ0) is 17.3. The first-order valence-electron chi connectivity index (χ1n) is 7.02. The third kappa shape index (κ3) is 3.08. The van der Waals surface area contributed by atoms with Crippen LogP contribution in [-0.2, 0) is 16.6 Å². The van der Waals surface area contributed by atoms with Gasteiger partial charge in [-0.25, -0.2) is 22.1 Å². The highest BCUT2D eigenvalue weighted by atomic mass is 32.2. The van der Waals surface area contributed by atoms with Crippen LogP contribution in [0.15, 0.2) is 52.2 Å². The van der Waals surface area contributed by atoms with Crippen LogP contribution in [0.25, 0.3) is 11.5 Å². The summed E-state index contributed by atoms with van der Waals surface area (Å²) in [6.45, 7) is 0.209. The average Bonchev–Trinajstić information content (AvgIpc) is 3.18. The lowest BCUT2D eigenvalue weighted by Gasteiger charge is -2.08. The Bertz CT molecular complexity index is 963. The van der Waals surface area contributed by atoms with Gasteiger partial charge in [0, 0.05) is 20.3 Å². The normalized spacial score (nSPS) is 12.0. The number of hydrogen-bond acceptors (Lipinski definition) is 5. The second-order valence-electron chi connectivity index (χ2n) is 5.28. The third-order valence-corrected chi connectivity index (χ3v) is 5.14. The monoisotopic (exact) mass is 350 g/mol. The second kappa shape index (κ2) is 6.17. The Morgan fingerprint density at radius 3 is 2.75 bits per heavy atom. The molecule has 0 bridgehead atoms. The molecule has 0 aliphatic heterocycles. The summed E-state index contributed by atoms with van der Waals surface area (Å²) in [5, 5.41) is 4.01. The molecule has 0 radical (unpaired) electrons. The van der Waals surface area contributed by atoms with E-state index < -0.39 is 15.8 Å². The molecule has 2 aromatic heterocycles. The summed E-state index contributed by atoms with van der Waals surface area (Å²) in [5.74, 6) is -0.263. The van der Waals surface area contributed by atoms with Gasteiger partial charge in [-0.3, -0.25) is 4.68 Å². The molecule has 1 aromatic carbocycles. The van der Waals surface area contributed by atoms with Crippen LogP contribution in [0.4, 0.5) is 4.39 Å². The van der Waals surface area contributed by atoms with Crippen LogP contribution in [-0.4, -0.2) is 41.6 Å². The number of hydrogen-bond donors (Lipinski definition) is 0. The highest BCUT2D eigenvalue weighted by molar-refractivity contribution is 7.89. The van der Waals surface area contributed by atoms with Crippen LogP contribution in [0.1, 0.15) is 5.69 Å². The molecule has 24 heavy (non-hydrogen) atoms. The Labute approximate surface area is 138 Å². The minimum absolute atomic E-state index is 0.0883. The Kier molecular flexibility index (Phi) is 4.20. The zero-order valence-electron chi connectivity index (χ0n) is 13.0. The van der Waals surface area contributed by atoms with Crippen LogP contribution in [0, 0.1) is 5.82 Å². The lowest BCUT2D eigenvalue weighted by atomic mass is 10.2. The highest BCUT2D eigenvalue weighted by Gasteiger charge is 2.19. The van der Waals surface area contributed by atoms with Crippen molar-refractivity contribution in [3.05, 3.63) is 54.4 Å². The summed E-state index contributed by atoms with van der Waals surface area (Å²) in [7, 11) is -0.636. The fourth-order valence-electron chi connectivity index (χ4n) is 2.08. The Morgan fingerprint density at radius 1 is 1.29 bits per heavy atom. The highest BCUT2D eigenvalue weighted by Crippen LogP contribution is 2.22. The minimum Gasteiger partial charge on any atom is -0.444 e. The minimum atomic E-state index is -3.54. The van der Waals surface area contributed by atoms with Gasteiger partial charge in [-0.15, -0.1) is 0 Å². The number of rotatable bonds is 5. The number of benzene rings is 1. The topological polar surface area (TPSA) is 81.2 Å². The van der Waals surface area contributed by atoms with Crippen LogP contribution < -0.4 is 0 Å². The molecule has 126 valence electrons. The van der Waals surface area contributed by atoms with Gasteiger partial charge in [0.1, 0.15) is 22.7 Å². The summed E-state index contributed by atoms with van der Waals surface area (Å²) in [6.07, 6.45) is 4.07. The summed E-state index contributed by atoms with van der Waals surface area (Å²) in [5.41, 5.74) is 0.769. The fraction of sp³-hybridized carbons (Fsp3) is 0.200. The van der Waals surface area contributed by atoms with Crippen molar-refractivity contribution in [2.24, 2.45) is 0 Å². The van der Waals surface area contributed by atoms with Crippen molar-refractivity contribution in [1.82, 2.24) is 19.1 Å². The van der Waals surface area contributed by atoms with E-state index in [9.17, 15) is 12.8 Å². The predicted molar refractivity (Wildman–Crippen MR) is 84.1 cm³/mol. The molecule has 0 saturated heterocycles. The molecule has 0 aliphatic rings. The van der Waals surface area contributed by atoms with E-state index in [2.05, 4.69) is 10.1 Å². The smallest absolute Gasteiger partial charge is 0.245 e. The van der Waals surface area contributed by atoms with E-state index in [1.165, 1.54) is 43.5 Å². The third-order valence-electron chi connectivity index (χ3n) is 3.37. The van der Waals surface area contributed by atoms with Gasteiger partial charge in [-0.2, -0.15) is 5.10 Å². The van der Waals surface area contributed by atoms with Gasteiger partial charge in [0.05, 0.1) is 18.3 Å². The molecule has 0 aliphatic carbocycles. The van der Waals surface area contributed by atoms with Crippen molar-refractivity contribution in [3.63, 3.8) is 0 Å². The number of halogens is 1. The van der Waals surface area contributed by atoms with Gasteiger partial charge >= 0.3 is 0 Å². The molecule has 0 fully saturated rings. The number of oxazole rings is 1. The first-order valence-corrected chi connectivity index (χ1v) is 8.46. The molecule has 0 atom stereocenters. The molecule has 0 spiro atoms.